The zero-order valence-electron chi connectivity index (χ0n) is 19.8. The standard InChI is InChI=1S/C25H27F3N4O3/c1-24(2,3)35-23(34)31-12-8-16(9-13-31)18-14-20-21(30-11-10-29-20)32(22(18)33)15-17-6-4-5-7-19(17)25(26,27)28/h4-7,10-11,14,16H,8-9,12-13,15H2,1-3H3. The van der Waals surface area contributed by atoms with Gasteiger partial charge in [-0.3, -0.25) is 14.3 Å². The molecule has 7 nitrogen and oxygen atoms in total. The summed E-state index contributed by atoms with van der Waals surface area (Å²) in [7, 11) is 0. The zero-order chi connectivity index (χ0) is 25.4. The first-order valence-electron chi connectivity index (χ1n) is 11.4. The van der Waals surface area contributed by atoms with Crippen LogP contribution in [0.1, 0.15) is 56.2 Å². The molecule has 1 aliphatic rings. The van der Waals surface area contributed by atoms with Crippen molar-refractivity contribution >= 4 is 17.3 Å². The Morgan fingerprint density at radius 1 is 1.09 bits per heavy atom. The average Bonchev–Trinajstić information content (AvgIpc) is 2.79. The van der Waals surface area contributed by atoms with Gasteiger partial charge in [-0.1, -0.05) is 18.2 Å². The first-order chi connectivity index (χ1) is 16.4. The van der Waals surface area contributed by atoms with E-state index in [9.17, 15) is 22.8 Å². The van der Waals surface area contributed by atoms with Crippen molar-refractivity contribution < 1.29 is 22.7 Å². The molecule has 186 valence electrons. The molecule has 4 rings (SSSR count). The maximum atomic E-state index is 13.6. The number of hydrogen-bond donors (Lipinski definition) is 0. The Morgan fingerprint density at radius 3 is 2.40 bits per heavy atom. The zero-order valence-corrected chi connectivity index (χ0v) is 19.8. The van der Waals surface area contributed by atoms with E-state index >= 15 is 0 Å². The summed E-state index contributed by atoms with van der Waals surface area (Å²) < 4.78 is 47.4. The van der Waals surface area contributed by atoms with Crippen LogP contribution in [0.3, 0.4) is 0 Å². The molecule has 0 aliphatic carbocycles. The lowest BCUT2D eigenvalue weighted by molar-refractivity contribution is -0.138. The molecule has 0 atom stereocenters. The molecule has 0 saturated carbocycles. The molecule has 1 fully saturated rings. The van der Waals surface area contributed by atoms with Crippen LogP contribution in [-0.4, -0.2) is 44.2 Å². The fourth-order valence-corrected chi connectivity index (χ4v) is 4.36. The number of likely N-dealkylation sites (tertiary alicyclic amines) is 1. The molecule has 0 N–H and O–H groups in total. The van der Waals surface area contributed by atoms with Gasteiger partial charge < -0.3 is 9.64 Å². The second-order valence-electron chi connectivity index (χ2n) is 9.65. The highest BCUT2D eigenvalue weighted by Crippen LogP contribution is 2.33. The smallest absolute Gasteiger partial charge is 0.416 e. The summed E-state index contributed by atoms with van der Waals surface area (Å²) in [5.41, 5.74) is -0.695. The Labute approximate surface area is 200 Å². The quantitative estimate of drug-likeness (QED) is 0.520. The summed E-state index contributed by atoms with van der Waals surface area (Å²) >= 11 is 0. The molecule has 0 bridgehead atoms. The monoisotopic (exact) mass is 488 g/mol. The van der Waals surface area contributed by atoms with Crippen LogP contribution in [0.5, 0.6) is 0 Å². The number of hydrogen-bond acceptors (Lipinski definition) is 5. The molecule has 1 aliphatic heterocycles. The fraction of sp³-hybridized carbons (Fsp3) is 0.440. The van der Waals surface area contributed by atoms with Gasteiger partial charge in [0.1, 0.15) is 11.1 Å². The maximum Gasteiger partial charge on any atom is 0.416 e. The minimum atomic E-state index is -4.55. The number of piperidine rings is 1. The second kappa shape index (κ2) is 9.31. The first-order valence-corrected chi connectivity index (χ1v) is 11.4. The van der Waals surface area contributed by atoms with Gasteiger partial charge in [0.2, 0.25) is 0 Å². The highest BCUT2D eigenvalue weighted by molar-refractivity contribution is 5.71. The number of fused-ring (bicyclic) bond motifs is 1. The Hall–Kier alpha value is -3.43. The van der Waals surface area contributed by atoms with Gasteiger partial charge in [-0.15, -0.1) is 0 Å². The van der Waals surface area contributed by atoms with Gasteiger partial charge in [0, 0.05) is 31.0 Å². The predicted molar refractivity (Wildman–Crippen MR) is 124 cm³/mol. The highest BCUT2D eigenvalue weighted by Gasteiger charge is 2.34. The van der Waals surface area contributed by atoms with E-state index in [-0.39, 0.29) is 23.7 Å². The van der Waals surface area contributed by atoms with Gasteiger partial charge in [0.15, 0.2) is 5.65 Å². The molecule has 10 heteroatoms. The summed E-state index contributed by atoms with van der Waals surface area (Å²) in [6.07, 6.45) is -1.00. The number of pyridine rings is 1. The lowest BCUT2D eigenvalue weighted by Crippen LogP contribution is -2.42. The fourth-order valence-electron chi connectivity index (χ4n) is 4.36. The van der Waals surface area contributed by atoms with Crippen LogP contribution in [0, 0.1) is 0 Å². The van der Waals surface area contributed by atoms with Crippen molar-refractivity contribution in [2.45, 2.75) is 57.9 Å². The van der Waals surface area contributed by atoms with Crippen molar-refractivity contribution in [3.05, 3.63) is 69.8 Å². The highest BCUT2D eigenvalue weighted by atomic mass is 19.4. The third-order valence-corrected chi connectivity index (χ3v) is 5.98. The molecule has 0 unspecified atom stereocenters. The number of ether oxygens (including phenoxy) is 1. The van der Waals surface area contributed by atoms with Crippen LogP contribution in [0.25, 0.3) is 11.2 Å². The van der Waals surface area contributed by atoms with Gasteiger partial charge in [0.25, 0.3) is 5.56 Å². The molecular weight excluding hydrogens is 461 g/mol. The van der Waals surface area contributed by atoms with Gasteiger partial charge in [-0.25, -0.2) is 9.78 Å². The molecule has 1 amide bonds. The van der Waals surface area contributed by atoms with E-state index in [1.807, 2.05) is 0 Å². The van der Waals surface area contributed by atoms with E-state index in [4.69, 9.17) is 4.74 Å². The Kier molecular flexibility index (Phi) is 6.57. The number of aromatic nitrogens is 3. The van der Waals surface area contributed by atoms with Crippen molar-refractivity contribution in [2.24, 2.45) is 0 Å². The van der Waals surface area contributed by atoms with Crippen molar-refractivity contribution in [1.29, 1.82) is 0 Å². The molecule has 0 spiro atoms. The van der Waals surface area contributed by atoms with Gasteiger partial charge in [-0.05, 0) is 57.2 Å². The minimum Gasteiger partial charge on any atom is -0.444 e. The lowest BCUT2D eigenvalue weighted by Gasteiger charge is -2.33. The first kappa shape index (κ1) is 24.7. The molecule has 3 aromatic rings. The van der Waals surface area contributed by atoms with Crippen LogP contribution in [0.4, 0.5) is 18.0 Å². The molecule has 35 heavy (non-hydrogen) atoms. The van der Waals surface area contributed by atoms with Crippen LogP contribution >= 0.6 is 0 Å². The largest absolute Gasteiger partial charge is 0.444 e. The molecule has 0 radical (unpaired) electrons. The van der Waals surface area contributed by atoms with Gasteiger partial charge >= 0.3 is 12.3 Å². The van der Waals surface area contributed by atoms with E-state index < -0.39 is 29.0 Å². The van der Waals surface area contributed by atoms with E-state index in [1.54, 1.807) is 31.7 Å². The SMILES string of the molecule is CC(C)(C)OC(=O)N1CCC(c2cc3nccnc3n(Cc3ccccc3C(F)(F)F)c2=O)CC1. The van der Waals surface area contributed by atoms with Crippen LogP contribution in [-0.2, 0) is 17.5 Å². The van der Waals surface area contributed by atoms with Crippen LogP contribution in [0.2, 0.25) is 0 Å². The number of nitrogens with zero attached hydrogens (tertiary/aromatic N) is 4. The average molecular weight is 489 g/mol. The van der Waals surface area contributed by atoms with Crippen molar-refractivity contribution in [3.8, 4) is 0 Å². The molecule has 1 saturated heterocycles. The van der Waals surface area contributed by atoms with Crippen molar-refractivity contribution in [3.63, 3.8) is 0 Å². The molecule has 1 aromatic carbocycles. The summed E-state index contributed by atoms with van der Waals surface area (Å²) in [5, 5.41) is 0. The number of amides is 1. The van der Waals surface area contributed by atoms with Crippen molar-refractivity contribution in [2.75, 3.05) is 13.1 Å². The normalized spacial score (nSPS) is 15.4. The molecular formula is C25H27F3N4O3. The molecule has 3 heterocycles. The Morgan fingerprint density at radius 2 is 1.74 bits per heavy atom. The third-order valence-electron chi connectivity index (χ3n) is 5.98. The number of carbonyl (C=O) groups is 1. The van der Waals surface area contributed by atoms with Crippen LogP contribution < -0.4 is 5.56 Å². The topological polar surface area (TPSA) is 77.3 Å². The van der Waals surface area contributed by atoms with Gasteiger partial charge in [0.05, 0.1) is 12.1 Å². The molecule has 2 aromatic heterocycles. The summed E-state index contributed by atoms with van der Waals surface area (Å²) in [6, 6.07) is 6.88. The summed E-state index contributed by atoms with van der Waals surface area (Å²) in [5.74, 6) is -0.170. The summed E-state index contributed by atoms with van der Waals surface area (Å²) in [4.78, 5) is 36.1. The van der Waals surface area contributed by atoms with E-state index in [1.165, 1.54) is 35.2 Å². The maximum absolute atomic E-state index is 13.6. The van der Waals surface area contributed by atoms with E-state index in [2.05, 4.69) is 9.97 Å². The predicted octanol–water partition coefficient (Wildman–Crippen LogP) is 4.97. The Balaban J connectivity index is 1.67. The Bertz CT molecular complexity index is 1290. The number of halogens is 3. The minimum absolute atomic E-state index is 0.0223. The number of benzene rings is 1. The van der Waals surface area contributed by atoms with E-state index in [0.717, 1.165) is 6.07 Å². The number of carbonyl (C=O) groups excluding carboxylic acids is 1. The lowest BCUT2D eigenvalue weighted by atomic mass is 9.90. The second-order valence-corrected chi connectivity index (χ2v) is 9.65. The number of rotatable bonds is 3. The third kappa shape index (κ3) is 5.47. The summed E-state index contributed by atoms with van der Waals surface area (Å²) in [6.45, 7) is 5.94. The number of alkyl halides is 3. The van der Waals surface area contributed by atoms with E-state index in [0.29, 0.717) is 37.0 Å². The van der Waals surface area contributed by atoms with Crippen LogP contribution in [0.15, 0.2) is 47.5 Å². The van der Waals surface area contributed by atoms with Gasteiger partial charge in [-0.2, -0.15) is 13.2 Å². The van der Waals surface area contributed by atoms with Crippen molar-refractivity contribution in [1.82, 2.24) is 19.4 Å².